The maximum absolute atomic E-state index is 13.0. The van der Waals surface area contributed by atoms with Crippen LogP contribution in [0.4, 0.5) is 5.69 Å². The summed E-state index contributed by atoms with van der Waals surface area (Å²) in [7, 11) is 0. The van der Waals surface area contributed by atoms with Gasteiger partial charge in [0.25, 0.3) is 5.91 Å². The number of H-pyrrole nitrogens is 1. The smallest absolute Gasteiger partial charge is 0.257 e. The van der Waals surface area contributed by atoms with E-state index in [4.69, 9.17) is 0 Å². The molecule has 1 amide bonds. The van der Waals surface area contributed by atoms with Crippen molar-refractivity contribution in [3.63, 3.8) is 0 Å². The quantitative estimate of drug-likeness (QED) is 0.791. The number of carbonyl (C=O) groups is 1. The summed E-state index contributed by atoms with van der Waals surface area (Å²) in [5.74, 6) is 0.0436. The van der Waals surface area contributed by atoms with Gasteiger partial charge in [-0.15, -0.1) is 0 Å². The van der Waals surface area contributed by atoms with Gasteiger partial charge in [-0.25, -0.2) is 0 Å². The van der Waals surface area contributed by atoms with Gasteiger partial charge in [0.2, 0.25) is 0 Å². The minimum Gasteiger partial charge on any atom is -0.368 e. The Morgan fingerprint density at radius 3 is 2.35 bits per heavy atom. The molecule has 132 valence electrons. The number of para-hydroxylation sites is 1. The Hall–Kier alpha value is -3.08. The van der Waals surface area contributed by atoms with Gasteiger partial charge in [-0.3, -0.25) is 9.89 Å². The average molecular weight is 346 g/mol. The maximum atomic E-state index is 13.0. The number of nitrogens with one attached hydrogen (secondary N) is 1. The lowest BCUT2D eigenvalue weighted by atomic mass is 10.1. The van der Waals surface area contributed by atoms with Crippen molar-refractivity contribution >= 4 is 11.6 Å². The van der Waals surface area contributed by atoms with Crippen LogP contribution in [0.15, 0.2) is 60.8 Å². The van der Waals surface area contributed by atoms with E-state index in [1.54, 1.807) is 6.20 Å². The summed E-state index contributed by atoms with van der Waals surface area (Å²) in [6, 6.07) is 18.5. The van der Waals surface area contributed by atoms with Crippen LogP contribution in [0, 0.1) is 6.92 Å². The van der Waals surface area contributed by atoms with Gasteiger partial charge in [0.05, 0.1) is 17.5 Å². The van der Waals surface area contributed by atoms with Crippen LogP contribution in [-0.2, 0) is 0 Å². The van der Waals surface area contributed by atoms with Gasteiger partial charge in [0, 0.05) is 37.4 Å². The van der Waals surface area contributed by atoms with Crippen LogP contribution in [0.1, 0.15) is 15.9 Å². The highest BCUT2D eigenvalue weighted by Crippen LogP contribution is 2.24. The molecule has 1 aliphatic rings. The zero-order chi connectivity index (χ0) is 17.9. The third-order valence-electron chi connectivity index (χ3n) is 4.90. The number of anilines is 1. The molecule has 0 atom stereocenters. The fourth-order valence-electron chi connectivity index (χ4n) is 3.37. The molecule has 26 heavy (non-hydrogen) atoms. The summed E-state index contributed by atoms with van der Waals surface area (Å²) >= 11 is 0. The first-order chi connectivity index (χ1) is 12.7. The molecule has 0 unspecified atom stereocenters. The number of aryl methyl sites for hydroxylation is 1. The lowest BCUT2D eigenvalue weighted by Gasteiger charge is -2.36. The molecule has 0 radical (unpaired) electrons. The zero-order valence-corrected chi connectivity index (χ0v) is 14.9. The molecular weight excluding hydrogens is 324 g/mol. The Morgan fingerprint density at radius 2 is 1.65 bits per heavy atom. The summed E-state index contributed by atoms with van der Waals surface area (Å²) in [6.07, 6.45) is 1.64. The van der Waals surface area contributed by atoms with Crippen molar-refractivity contribution < 1.29 is 4.79 Å². The highest BCUT2D eigenvalue weighted by Gasteiger charge is 2.25. The zero-order valence-electron chi connectivity index (χ0n) is 14.9. The van der Waals surface area contributed by atoms with Crippen molar-refractivity contribution in [3.8, 4) is 11.3 Å². The lowest BCUT2D eigenvalue weighted by molar-refractivity contribution is 0.0747. The van der Waals surface area contributed by atoms with E-state index in [2.05, 4.69) is 34.2 Å². The van der Waals surface area contributed by atoms with Crippen molar-refractivity contribution in [1.29, 1.82) is 0 Å². The van der Waals surface area contributed by atoms with Gasteiger partial charge in [0.1, 0.15) is 0 Å². The molecule has 0 bridgehead atoms. The van der Waals surface area contributed by atoms with Crippen LogP contribution >= 0.6 is 0 Å². The molecule has 5 heteroatoms. The van der Waals surface area contributed by atoms with Crippen LogP contribution in [-0.4, -0.2) is 47.2 Å². The minimum absolute atomic E-state index is 0.0436. The van der Waals surface area contributed by atoms with E-state index in [1.165, 1.54) is 11.3 Å². The summed E-state index contributed by atoms with van der Waals surface area (Å²) in [5.41, 5.74) is 4.82. The number of nitrogens with zero attached hydrogens (tertiary/aromatic N) is 3. The van der Waals surface area contributed by atoms with E-state index < -0.39 is 0 Å². The fourth-order valence-corrected chi connectivity index (χ4v) is 3.37. The number of benzene rings is 2. The Balaban J connectivity index is 1.48. The number of amides is 1. The average Bonchev–Trinajstić information content (AvgIpc) is 3.19. The first-order valence-electron chi connectivity index (χ1n) is 8.92. The van der Waals surface area contributed by atoms with Gasteiger partial charge < -0.3 is 9.80 Å². The highest BCUT2D eigenvalue weighted by atomic mass is 16.2. The van der Waals surface area contributed by atoms with Crippen molar-refractivity contribution in [2.24, 2.45) is 0 Å². The van der Waals surface area contributed by atoms with Gasteiger partial charge in [-0.05, 0) is 19.1 Å². The van der Waals surface area contributed by atoms with Crippen LogP contribution in [0.2, 0.25) is 0 Å². The molecule has 1 aliphatic heterocycles. The van der Waals surface area contributed by atoms with Crippen molar-refractivity contribution in [3.05, 3.63) is 71.9 Å². The molecular formula is C21H22N4O. The summed E-state index contributed by atoms with van der Waals surface area (Å²) < 4.78 is 0. The SMILES string of the molecule is Cc1ccc(-c2[nH]ncc2C(=O)N2CCN(c3ccccc3)CC2)cc1. The number of carbonyl (C=O) groups excluding carboxylic acids is 1. The van der Waals surface area contributed by atoms with Crippen molar-refractivity contribution in [1.82, 2.24) is 15.1 Å². The Labute approximate surface area is 153 Å². The number of aromatic nitrogens is 2. The van der Waals surface area contributed by atoms with Crippen LogP contribution in [0.5, 0.6) is 0 Å². The molecule has 2 aromatic carbocycles. The second kappa shape index (κ2) is 7.04. The first kappa shape index (κ1) is 16.4. The Bertz CT molecular complexity index is 878. The van der Waals surface area contributed by atoms with Crippen LogP contribution in [0.3, 0.4) is 0 Å². The van der Waals surface area contributed by atoms with Gasteiger partial charge in [0.15, 0.2) is 0 Å². The normalized spacial score (nSPS) is 14.5. The molecule has 0 aliphatic carbocycles. The molecule has 1 saturated heterocycles. The van der Waals surface area contributed by atoms with Crippen molar-refractivity contribution in [2.75, 3.05) is 31.1 Å². The third-order valence-corrected chi connectivity index (χ3v) is 4.90. The monoisotopic (exact) mass is 346 g/mol. The van der Waals surface area contributed by atoms with E-state index in [9.17, 15) is 4.79 Å². The van der Waals surface area contributed by atoms with Gasteiger partial charge in [-0.2, -0.15) is 5.10 Å². The second-order valence-electron chi connectivity index (χ2n) is 6.64. The number of hydrogen-bond acceptors (Lipinski definition) is 3. The first-order valence-corrected chi connectivity index (χ1v) is 8.92. The maximum Gasteiger partial charge on any atom is 0.257 e. The number of aromatic amines is 1. The molecule has 2 heterocycles. The standard InChI is InChI=1S/C21H22N4O/c1-16-7-9-17(10-8-16)20-19(15-22-23-20)21(26)25-13-11-24(12-14-25)18-5-3-2-4-6-18/h2-10,15H,11-14H2,1H3,(H,22,23). The van der Waals surface area contributed by atoms with E-state index in [1.807, 2.05) is 47.4 Å². The fraction of sp³-hybridized carbons (Fsp3) is 0.238. The van der Waals surface area contributed by atoms with Gasteiger partial charge >= 0.3 is 0 Å². The van der Waals surface area contributed by atoms with E-state index in [0.717, 1.165) is 24.3 Å². The Morgan fingerprint density at radius 1 is 0.962 bits per heavy atom. The molecule has 5 nitrogen and oxygen atoms in total. The predicted octanol–water partition coefficient (Wildman–Crippen LogP) is 3.35. The van der Waals surface area contributed by atoms with E-state index >= 15 is 0 Å². The second-order valence-corrected chi connectivity index (χ2v) is 6.64. The third kappa shape index (κ3) is 3.20. The number of piperazine rings is 1. The molecule has 4 rings (SSSR count). The van der Waals surface area contributed by atoms with Gasteiger partial charge in [-0.1, -0.05) is 48.0 Å². The molecule has 1 fully saturated rings. The highest BCUT2D eigenvalue weighted by molar-refractivity contribution is 5.99. The summed E-state index contributed by atoms with van der Waals surface area (Å²) in [5, 5.41) is 7.10. The molecule has 1 N–H and O–H groups in total. The molecule has 0 saturated carbocycles. The predicted molar refractivity (Wildman–Crippen MR) is 103 cm³/mol. The number of rotatable bonds is 3. The summed E-state index contributed by atoms with van der Waals surface area (Å²) in [4.78, 5) is 17.3. The molecule has 3 aromatic rings. The van der Waals surface area contributed by atoms with Crippen molar-refractivity contribution in [2.45, 2.75) is 6.92 Å². The minimum atomic E-state index is 0.0436. The van der Waals surface area contributed by atoms with Crippen LogP contribution in [0.25, 0.3) is 11.3 Å². The molecule has 0 spiro atoms. The van der Waals surface area contributed by atoms with E-state index in [0.29, 0.717) is 18.7 Å². The summed E-state index contributed by atoms with van der Waals surface area (Å²) in [6.45, 7) is 5.16. The largest absolute Gasteiger partial charge is 0.368 e. The molecule has 1 aromatic heterocycles. The van der Waals surface area contributed by atoms with E-state index in [-0.39, 0.29) is 5.91 Å². The Kier molecular flexibility index (Phi) is 4.44. The van der Waals surface area contributed by atoms with Crippen LogP contribution < -0.4 is 4.90 Å². The topological polar surface area (TPSA) is 52.2 Å². The number of hydrogen-bond donors (Lipinski definition) is 1. The lowest BCUT2D eigenvalue weighted by Crippen LogP contribution is -2.48.